The molecule has 0 bridgehead atoms. The number of carbonyl (C=O) groups excluding carboxylic acids is 1. The molecular weight excluding hydrogens is 332 g/mol. The van der Waals surface area contributed by atoms with Crippen molar-refractivity contribution in [1.29, 1.82) is 0 Å². The molecule has 0 radical (unpaired) electrons. The van der Waals surface area contributed by atoms with Gasteiger partial charge in [0.05, 0.1) is 6.54 Å². The molecule has 0 saturated heterocycles. The van der Waals surface area contributed by atoms with Crippen LogP contribution >= 0.6 is 0 Å². The van der Waals surface area contributed by atoms with Crippen LogP contribution in [-0.4, -0.2) is 12.5 Å². The van der Waals surface area contributed by atoms with E-state index in [4.69, 9.17) is 0 Å². The first-order valence-corrected chi connectivity index (χ1v) is 9.38. The molecule has 0 saturated carbocycles. The largest absolute Gasteiger partial charge is 0.312 e. The average Bonchev–Trinajstić information content (AvgIpc) is 2.72. The molecule has 1 amide bonds. The number of aryl methyl sites for hydroxylation is 1. The highest BCUT2D eigenvalue weighted by Crippen LogP contribution is 2.18. The maximum atomic E-state index is 12.9. The summed E-state index contributed by atoms with van der Waals surface area (Å²) >= 11 is 0. The van der Waals surface area contributed by atoms with Crippen molar-refractivity contribution in [3.63, 3.8) is 0 Å². The highest BCUT2D eigenvalue weighted by molar-refractivity contribution is 5.93. The second-order valence-electron chi connectivity index (χ2n) is 6.71. The Kier molecular flexibility index (Phi) is 6.78. The van der Waals surface area contributed by atoms with Crippen molar-refractivity contribution in [3.8, 4) is 0 Å². The maximum absolute atomic E-state index is 12.9. The summed E-state index contributed by atoms with van der Waals surface area (Å²) in [7, 11) is 0. The minimum absolute atomic E-state index is 0.126. The second-order valence-corrected chi connectivity index (χ2v) is 6.71. The number of rotatable bonds is 8. The van der Waals surface area contributed by atoms with Gasteiger partial charge in [-0.3, -0.25) is 4.79 Å². The molecule has 0 aliphatic carbocycles. The zero-order valence-corrected chi connectivity index (χ0v) is 15.8. The summed E-state index contributed by atoms with van der Waals surface area (Å²) in [5.41, 5.74) is 4.55. The molecular formula is C24H26N2O. The van der Waals surface area contributed by atoms with E-state index in [-0.39, 0.29) is 5.91 Å². The highest BCUT2D eigenvalue weighted by Gasteiger charge is 2.15. The Hall–Kier alpha value is -2.91. The lowest BCUT2D eigenvalue weighted by atomic mass is 10.1. The zero-order valence-electron chi connectivity index (χ0n) is 15.8. The van der Waals surface area contributed by atoms with Crippen LogP contribution in [0.25, 0.3) is 0 Å². The first kappa shape index (κ1) is 18.9. The number of carbonyl (C=O) groups is 1. The monoisotopic (exact) mass is 358 g/mol. The Balaban J connectivity index is 1.58. The molecule has 0 aliphatic heterocycles. The van der Waals surface area contributed by atoms with Crippen molar-refractivity contribution in [1.82, 2.24) is 5.32 Å². The molecule has 1 N–H and O–H groups in total. The number of benzene rings is 3. The molecule has 3 aromatic carbocycles. The van der Waals surface area contributed by atoms with Crippen molar-refractivity contribution in [3.05, 3.63) is 102 Å². The van der Waals surface area contributed by atoms with Gasteiger partial charge in [0.25, 0.3) is 0 Å². The van der Waals surface area contributed by atoms with Gasteiger partial charge < -0.3 is 10.2 Å². The topological polar surface area (TPSA) is 32.3 Å². The molecule has 3 rings (SSSR count). The van der Waals surface area contributed by atoms with E-state index in [1.54, 1.807) is 0 Å². The smallest absolute Gasteiger partial charge is 0.228 e. The number of anilines is 1. The Morgan fingerprint density at radius 2 is 1.44 bits per heavy atom. The Bertz CT molecular complexity index is 829. The molecule has 0 atom stereocenters. The predicted molar refractivity (Wildman–Crippen MR) is 112 cm³/mol. The molecule has 27 heavy (non-hydrogen) atoms. The van der Waals surface area contributed by atoms with Crippen LogP contribution in [0.4, 0.5) is 5.69 Å². The van der Waals surface area contributed by atoms with Gasteiger partial charge in [-0.15, -0.1) is 0 Å². The zero-order chi connectivity index (χ0) is 18.9. The van der Waals surface area contributed by atoms with Crippen molar-refractivity contribution < 1.29 is 4.79 Å². The van der Waals surface area contributed by atoms with Gasteiger partial charge in [0, 0.05) is 25.2 Å². The first-order valence-electron chi connectivity index (χ1n) is 9.38. The van der Waals surface area contributed by atoms with E-state index in [1.165, 1.54) is 11.1 Å². The lowest BCUT2D eigenvalue weighted by molar-refractivity contribution is -0.118. The van der Waals surface area contributed by atoms with Crippen LogP contribution < -0.4 is 10.2 Å². The minimum Gasteiger partial charge on any atom is -0.312 e. The molecule has 0 fully saturated rings. The van der Waals surface area contributed by atoms with Crippen LogP contribution in [0, 0.1) is 6.92 Å². The van der Waals surface area contributed by atoms with Crippen LogP contribution in [0.5, 0.6) is 0 Å². The van der Waals surface area contributed by atoms with Crippen LogP contribution in [0.15, 0.2) is 84.9 Å². The number of para-hydroxylation sites is 1. The van der Waals surface area contributed by atoms with Gasteiger partial charge in [-0.1, -0.05) is 78.4 Å². The lowest BCUT2D eigenvalue weighted by Gasteiger charge is -2.23. The highest BCUT2D eigenvalue weighted by atomic mass is 16.2. The molecule has 138 valence electrons. The van der Waals surface area contributed by atoms with Crippen molar-refractivity contribution >= 4 is 11.6 Å². The third kappa shape index (κ3) is 5.80. The van der Waals surface area contributed by atoms with Crippen LogP contribution in [0.3, 0.4) is 0 Å². The third-order valence-electron chi connectivity index (χ3n) is 4.52. The van der Waals surface area contributed by atoms with Crippen molar-refractivity contribution in [2.75, 3.05) is 11.4 Å². The summed E-state index contributed by atoms with van der Waals surface area (Å²) < 4.78 is 0. The normalized spacial score (nSPS) is 10.6. The van der Waals surface area contributed by atoms with E-state index in [0.29, 0.717) is 19.5 Å². The summed E-state index contributed by atoms with van der Waals surface area (Å²) in [5.74, 6) is 0.126. The van der Waals surface area contributed by atoms with Gasteiger partial charge in [0.1, 0.15) is 0 Å². The first-order chi connectivity index (χ1) is 13.2. The van der Waals surface area contributed by atoms with Crippen LogP contribution in [-0.2, 0) is 17.9 Å². The van der Waals surface area contributed by atoms with Crippen molar-refractivity contribution in [2.24, 2.45) is 0 Å². The summed E-state index contributed by atoms with van der Waals surface area (Å²) in [4.78, 5) is 14.8. The Morgan fingerprint density at radius 3 is 2.11 bits per heavy atom. The van der Waals surface area contributed by atoms with E-state index in [9.17, 15) is 4.79 Å². The number of nitrogens with zero attached hydrogens (tertiary/aromatic N) is 1. The van der Waals surface area contributed by atoms with Gasteiger partial charge in [-0.05, 0) is 30.2 Å². The van der Waals surface area contributed by atoms with Gasteiger partial charge in [0.2, 0.25) is 5.91 Å². The van der Waals surface area contributed by atoms with E-state index in [2.05, 4.69) is 48.6 Å². The molecule has 0 spiro atoms. The van der Waals surface area contributed by atoms with E-state index < -0.39 is 0 Å². The van der Waals surface area contributed by atoms with E-state index >= 15 is 0 Å². The molecule has 0 unspecified atom stereocenters. The quantitative estimate of drug-likeness (QED) is 0.592. The van der Waals surface area contributed by atoms with Gasteiger partial charge in [-0.2, -0.15) is 0 Å². The fraction of sp³-hybridized carbons (Fsp3) is 0.208. The standard InChI is InChI=1S/C24H26N2O/c1-20-12-14-21(15-13-20)18-25-17-16-24(27)26(23-10-6-3-7-11-23)19-22-8-4-2-5-9-22/h2-15,25H,16-19H2,1H3. The molecule has 3 nitrogen and oxygen atoms in total. The average molecular weight is 358 g/mol. The van der Waals surface area contributed by atoms with Gasteiger partial charge in [-0.25, -0.2) is 0 Å². The van der Waals surface area contributed by atoms with Crippen LogP contribution in [0.1, 0.15) is 23.1 Å². The molecule has 0 aromatic heterocycles. The molecule has 3 aromatic rings. The molecule has 0 aliphatic rings. The third-order valence-corrected chi connectivity index (χ3v) is 4.52. The van der Waals surface area contributed by atoms with E-state index in [0.717, 1.165) is 17.8 Å². The van der Waals surface area contributed by atoms with Crippen molar-refractivity contribution in [2.45, 2.75) is 26.4 Å². The van der Waals surface area contributed by atoms with Gasteiger partial charge in [0.15, 0.2) is 0 Å². The molecule has 3 heteroatoms. The molecule has 0 heterocycles. The number of nitrogens with one attached hydrogen (secondary N) is 1. The second kappa shape index (κ2) is 9.70. The van der Waals surface area contributed by atoms with Gasteiger partial charge >= 0.3 is 0 Å². The predicted octanol–water partition coefficient (Wildman–Crippen LogP) is 4.71. The fourth-order valence-corrected chi connectivity index (χ4v) is 2.97. The van der Waals surface area contributed by atoms with Crippen LogP contribution in [0.2, 0.25) is 0 Å². The number of hydrogen-bond donors (Lipinski definition) is 1. The summed E-state index contributed by atoms with van der Waals surface area (Å²) in [6.07, 6.45) is 0.466. The summed E-state index contributed by atoms with van der Waals surface area (Å²) in [6.45, 7) is 4.10. The Labute approximate surface area is 161 Å². The summed E-state index contributed by atoms with van der Waals surface area (Å²) in [6, 6.07) is 28.5. The lowest BCUT2D eigenvalue weighted by Crippen LogP contribution is -2.32. The Morgan fingerprint density at radius 1 is 0.815 bits per heavy atom. The fourth-order valence-electron chi connectivity index (χ4n) is 2.97. The van der Waals surface area contributed by atoms with E-state index in [1.807, 2.05) is 53.4 Å². The number of hydrogen-bond acceptors (Lipinski definition) is 2. The minimum atomic E-state index is 0.126. The summed E-state index contributed by atoms with van der Waals surface area (Å²) in [5, 5.41) is 3.37. The SMILES string of the molecule is Cc1ccc(CNCCC(=O)N(Cc2ccccc2)c2ccccc2)cc1. The maximum Gasteiger partial charge on any atom is 0.228 e. The number of amides is 1.